The van der Waals surface area contributed by atoms with E-state index in [0.717, 1.165) is 24.1 Å². The molecule has 3 aromatic heterocycles. The minimum atomic E-state index is -2.88. The number of carbonyl (C=O) groups is 3. The van der Waals surface area contributed by atoms with E-state index in [1.54, 1.807) is 29.0 Å². The first kappa shape index (κ1) is 36.0. The number of benzene rings is 1. The molecule has 3 aliphatic rings. The van der Waals surface area contributed by atoms with Gasteiger partial charge < -0.3 is 34.1 Å². The van der Waals surface area contributed by atoms with Gasteiger partial charge in [0.05, 0.1) is 38.9 Å². The third-order valence-corrected chi connectivity index (χ3v) is 10.00. The van der Waals surface area contributed by atoms with Crippen LogP contribution >= 0.6 is 0 Å². The van der Waals surface area contributed by atoms with Gasteiger partial charge in [-0.15, -0.1) is 10.2 Å². The van der Waals surface area contributed by atoms with Gasteiger partial charge in [0.15, 0.2) is 5.82 Å². The summed E-state index contributed by atoms with van der Waals surface area (Å²) < 4.78 is 52.4. The molecule has 0 unspecified atom stereocenters. The van der Waals surface area contributed by atoms with Crippen LogP contribution in [0.3, 0.4) is 0 Å². The largest absolute Gasteiger partial charge is 0.467 e. The van der Waals surface area contributed by atoms with E-state index in [4.69, 9.17) is 24.0 Å². The molecule has 0 aliphatic carbocycles. The van der Waals surface area contributed by atoms with Gasteiger partial charge in [0.2, 0.25) is 5.82 Å². The van der Waals surface area contributed by atoms with Crippen molar-refractivity contribution < 1.29 is 42.1 Å². The number of fused-ring (bicyclic) bond motifs is 2. The van der Waals surface area contributed by atoms with Gasteiger partial charge in [0.25, 0.3) is 12.3 Å². The molecule has 2 fully saturated rings. The van der Waals surface area contributed by atoms with Gasteiger partial charge in [-0.2, -0.15) is 5.10 Å². The minimum Gasteiger partial charge on any atom is -0.467 e. The van der Waals surface area contributed by atoms with Crippen molar-refractivity contribution >= 4 is 40.6 Å². The van der Waals surface area contributed by atoms with Crippen LogP contribution in [0.4, 0.5) is 25.2 Å². The van der Waals surface area contributed by atoms with Crippen LogP contribution in [0.25, 0.3) is 22.2 Å². The molecule has 7 rings (SSSR count). The van der Waals surface area contributed by atoms with Crippen molar-refractivity contribution in [1.29, 1.82) is 0 Å². The summed E-state index contributed by atoms with van der Waals surface area (Å²) in [7, 11) is 4.27. The second kappa shape index (κ2) is 15.3. The molecule has 1 N–H and O–H groups in total. The zero-order valence-corrected chi connectivity index (χ0v) is 29.5. The van der Waals surface area contributed by atoms with Gasteiger partial charge in [0.1, 0.15) is 17.4 Å². The monoisotopic (exact) mass is 735 g/mol. The Balaban J connectivity index is 1.19. The maximum atomic E-state index is 14.8. The summed E-state index contributed by atoms with van der Waals surface area (Å²) in [6.45, 7) is 2.66. The number of carbonyl (C=O) groups excluding carboxylic acids is 3. The number of halogens is 2. The predicted octanol–water partition coefficient (Wildman–Crippen LogP) is 3.77. The standard InChI is InChI=1S/C35H39F2N9O7/c1-44(32-24-17-45(35(49)51-3)10-6-27(24)46(43-32)21-8-12-52-13-9-21)28-15-22(30(36)37)23(16-38-28)19-4-5-25-26(14-19)39-31(42-41-25)33(47)40-29(34(48)50-2)20-7-11-53-18-20/h4-5,14-16,20-21,29-30H,6-13,17-18H2,1-3H3,(H,40,47)/t20-,29+/m1/s1. The fourth-order valence-electron chi connectivity index (χ4n) is 7.10. The van der Waals surface area contributed by atoms with Crippen molar-refractivity contribution in [1.82, 2.24) is 40.2 Å². The normalized spacial score (nSPS) is 18.2. The topological polar surface area (TPSA) is 176 Å². The lowest BCUT2D eigenvalue weighted by Gasteiger charge is -2.29. The van der Waals surface area contributed by atoms with E-state index in [-0.39, 0.29) is 53.4 Å². The summed E-state index contributed by atoms with van der Waals surface area (Å²) in [5.41, 5.74) is 2.58. The van der Waals surface area contributed by atoms with Crippen molar-refractivity contribution in [2.45, 2.75) is 50.7 Å². The Morgan fingerprint density at radius 3 is 2.53 bits per heavy atom. The number of ether oxygens (including phenoxy) is 4. The molecule has 2 saturated heterocycles. The van der Waals surface area contributed by atoms with Crippen LogP contribution in [-0.4, -0.2) is 113 Å². The van der Waals surface area contributed by atoms with E-state index in [2.05, 4.69) is 25.5 Å². The highest BCUT2D eigenvalue weighted by Gasteiger charge is 2.35. The number of esters is 1. The Kier molecular flexibility index (Phi) is 10.4. The molecule has 280 valence electrons. The average Bonchev–Trinajstić information content (AvgIpc) is 3.87. The Labute approximate surface area is 302 Å². The summed E-state index contributed by atoms with van der Waals surface area (Å²) in [6, 6.07) is 5.16. The highest BCUT2D eigenvalue weighted by molar-refractivity contribution is 5.95. The molecule has 1 aromatic carbocycles. The third-order valence-electron chi connectivity index (χ3n) is 10.00. The van der Waals surface area contributed by atoms with E-state index in [0.29, 0.717) is 56.1 Å². The molecule has 2 atom stereocenters. The number of aromatic nitrogens is 6. The molecule has 3 aliphatic heterocycles. The van der Waals surface area contributed by atoms with Crippen LogP contribution in [0.5, 0.6) is 0 Å². The van der Waals surface area contributed by atoms with E-state index >= 15 is 0 Å². The smallest absolute Gasteiger partial charge is 0.409 e. The number of nitrogens with zero attached hydrogens (tertiary/aromatic N) is 8. The first-order valence-electron chi connectivity index (χ1n) is 17.3. The summed E-state index contributed by atoms with van der Waals surface area (Å²) in [4.78, 5) is 50.3. The number of pyridine rings is 1. The molecule has 0 bridgehead atoms. The summed E-state index contributed by atoms with van der Waals surface area (Å²) in [6.07, 6.45) is 0.709. The average molecular weight is 736 g/mol. The lowest BCUT2D eigenvalue weighted by atomic mass is 9.99. The van der Waals surface area contributed by atoms with Gasteiger partial charge in [-0.25, -0.2) is 28.3 Å². The Morgan fingerprint density at radius 1 is 1.02 bits per heavy atom. The summed E-state index contributed by atoms with van der Waals surface area (Å²) in [5, 5.41) is 15.6. The van der Waals surface area contributed by atoms with Crippen LogP contribution in [0.2, 0.25) is 0 Å². The molecule has 0 saturated carbocycles. The van der Waals surface area contributed by atoms with Crippen LogP contribution < -0.4 is 10.2 Å². The van der Waals surface area contributed by atoms with Crippen molar-refractivity contribution in [3.8, 4) is 11.1 Å². The van der Waals surface area contributed by atoms with Gasteiger partial charge in [-0.1, -0.05) is 6.07 Å². The molecule has 18 heteroatoms. The predicted molar refractivity (Wildman–Crippen MR) is 184 cm³/mol. The maximum Gasteiger partial charge on any atom is 0.409 e. The quantitative estimate of drug-likeness (QED) is 0.246. The van der Waals surface area contributed by atoms with Crippen molar-refractivity contribution in [3.63, 3.8) is 0 Å². The minimum absolute atomic E-state index is 0.102. The lowest BCUT2D eigenvalue weighted by molar-refractivity contribution is -0.144. The SMILES string of the molecule is COC(=O)[C@@H](NC(=O)c1nnc2ccc(-c3cnc(N(C)c4nn(C5CCOCC5)c5c4CN(C(=O)OC)CC5)cc3C(F)F)cc2n1)[C@@H]1CCOC1. The first-order valence-corrected chi connectivity index (χ1v) is 17.3. The summed E-state index contributed by atoms with van der Waals surface area (Å²) in [5.74, 6) is -1.21. The fourth-order valence-corrected chi connectivity index (χ4v) is 7.10. The second-order valence-electron chi connectivity index (χ2n) is 13.1. The van der Waals surface area contributed by atoms with E-state index in [9.17, 15) is 23.2 Å². The number of rotatable bonds is 9. The molecule has 16 nitrogen and oxygen atoms in total. The molecule has 2 amide bonds. The molecule has 0 spiro atoms. The van der Waals surface area contributed by atoms with E-state index in [1.165, 1.54) is 32.5 Å². The van der Waals surface area contributed by atoms with Gasteiger partial charge in [-0.05, 0) is 43.0 Å². The van der Waals surface area contributed by atoms with E-state index < -0.39 is 30.4 Å². The number of alkyl halides is 2. The second-order valence-corrected chi connectivity index (χ2v) is 13.1. The number of amides is 2. The number of methoxy groups -OCH3 is 2. The van der Waals surface area contributed by atoms with Gasteiger partial charge >= 0.3 is 12.1 Å². The van der Waals surface area contributed by atoms with E-state index in [1.807, 2.05) is 4.68 Å². The Hall–Kier alpha value is -5.36. The van der Waals surface area contributed by atoms with Gasteiger partial charge in [-0.3, -0.25) is 9.48 Å². The number of anilines is 2. The van der Waals surface area contributed by atoms with Crippen LogP contribution in [0.1, 0.15) is 59.2 Å². The van der Waals surface area contributed by atoms with Crippen LogP contribution in [0.15, 0.2) is 30.5 Å². The van der Waals surface area contributed by atoms with Crippen molar-refractivity contribution in [2.24, 2.45) is 5.92 Å². The summed E-state index contributed by atoms with van der Waals surface area (Å²) >= 11 is 0. The fraction of sp³-hybridized carbons (Fsp3) is 0.486. The first-order chi connectivity index (χ1) is 25.7. The Bertz CT molecular complexity index is 2020. The highest BCUT2D eigenvalue weighted by atomic mass is 19.3. The highest BCUT2D eigenvalue weighted by Crippen LogP contribution is 2.38. The van der Waals surface area contributed by atoms with Crippen molar-refractivity contribution in [3.05, 3.63) is 53.1 Å². The van der Waals surface area contributed by atoms with Gasteiger partial charge in [0, 0.05) is 74.3 Å². The number of hydrogen-bond donors (Lipinski definition) is 1. The molecule has 0 radical (unpaired) electrons. The molecule has 4 aromatic rings. The lowest BCUT2D eigenvalue weighted by Crippen LogP contribution is -2.47. The maximum absolute atomic E-state index is 14.8. The Morgan fingerprint density at radius 2 is 1.81 bits per heavy atom. The number of nitrogens with one attached hydrogen (secondary N) is 1. The van der Waals surface area contributed by atoms with Crippen LogP contribution in [-0.2, 0) is 36.7 Å². The third kappa shape index (κ3) is 7.20. The zero-order chi connectivity index (χ0) is 37.2. The van der Waals surface area contributed by atoms with Crippen LogP contribution in [0, 0.1) is 5.92 Å². The van der Waals surface area contributed by atoms with Crippen molar-refractivity contribution in [2.75, 3.05) is 59.1 Å². The molecular weight excluding hydrogens is 696 g/mol. The molecule has 6 heterocycles. The molecule has 53 heavy (non-hydrogen) atoms. The molecular formula is C35H39F2N9O7. The number of hydrogen-bond acceptors (Lipinski definition) is 13. The zero-order valence-electron chi connectivity index (χ0n) is 29.5.